The van der Waals surface area contributed by atoms with Crippen molar-refractivity contribution in [3.8, 4) is 5.75 Å². The molecule has 0 unspecified atom stereocenters. The molecule has 0 saturated carbocycles. The van der Waals surface area contributed by atoms with Gasteiger partial charge >= 0.3 is 0 Å². The van der Waals surface area contributed by atoms with E-state index in [1.54, 1.807) is 29.2 Å². The Bertz CT molecular complexity index is 1100. The van der Waals surface area contributed by atoms with Gasteiger partial charge in [0.05, 0.1) is 23.6 Å². The van der Waals surface area contributed by atoms with Gasteiger partial charge in [-0.25, -0.2) is 0 Å². The van der Waals surface area contributed by atoms with Gasteiger partial charge in [0.2, 0.25) is 5.76 Å². The second kappa shape index (κ2) is 7.72. The molecule has 0 radical (unpaired) electrons. The number of benzene rings is 2. The van der Waals surface area contributed by atoms with E-state index < -0.39 is 6.04 Å². The average molecular weight is 392 g/mol. The molecule has 1 amide bonds. The lowest BCUT2D eigenvalue weighted by molar-refractivity contribution is 0.0716. The molecule has 0 spiro atoms. The first-order valence-corrected chi connectivity index (χ1v) is 9.75. The first kappa shape index (κ1) is 19.2. The van der Waals surface area contributed by atoms with E-state index >= 15 is 0 Å². The van der Waals surface area contributed by atoms with Crippen LogP contribution in [0.25, 0.3) is 11.0 Å². The van der Waals surface area contributed by atoms with E-state index in [9.17, 15) is 9.59 Å². The van der Waals surface area contributed by atoms with Crippen molar-refractivity contribution in [2.45, 2.75) is 13.0 Å². The van der Waals surface area contributed by atoms with Crippen molar-refractivity contribution >= 4 is 16.9 Å². The van der Waals surface area contributed by atoms with Crippen LogP contribution in [0.5, 0.6) is 5.75 Å². The maximum Gasteiger partial charge on any atom is 0.290 e. The molecular weight excluding hydrogens is 368 g/mol. The van der Waals surface area contributed by atoms with Gasteiger partial charge in [-0.1, -0.05) is 24.3 Å². The SMILES string of the molecule is CCOc1ccc([C@H]2c3c(oc4ccccc4c3=O)C(=O)N2CCN(C)C)cc1. The van der Waals surface area contributed by atoms with Gasteiger partial charge < -0.3 is 19.0 Å². The van der Waals surface area contributed by atoms with Gasteiger partial charge in [0.15, 0.2) is 5.43 Å². The number of rotatable bonds is 6. The Morgan fingerprint density at radius 1 is 1.07 bits per heavy atom. The van der Waals surface area contributed by atoms with Crippen molar-refractivity contribution in [3.63, 3.8) is 0 Å². The Kier molecular flexibility index (Phi) is 5.11. The predicted molar refractivity (Wildman–Crippen MR) is 112 cm³/mol. The molecule has 0 fully saturated rings. The third kappa shape index (κ3) is 3.40. The number of nitrogens with zero attached hydrogens (tertiary/aromatic N) is 2. The summed E-state index contributed by atoms with van der Waals surface area (Å²) >= 11 is 0. The van der Waals surface area contributed by atoms with Gasteiger partial charge in [-0.05, 0) is 50.8 Å². The molecule has 1 aliphatic heterocycles. The van der Waals surface area contributed by atoms with Crippen molar-refractivity contribution in [1.82, 2.24) is 9.80 Å². The Balaban J connectivity index is 1.87. The number of hydrogen-bond donors (Lipinski definition) is 0. The summed E-state index contributed by atoms with van der Waals surface area (Å²) in [5, 5.41) is 0.490. The van der Waals surface area contributed by atoms with Crippen LogP contribution in [0.3, 0.4) is 0 Å². The zero-order valence-electron chi connectivity index (χ0n) is 16.8. The second-order valence-corrected chi connectivity index (χ2v) is 7.38. The third-order valence-electron chi connectivity index (χ3n) is 5.17. The van der Waals surface area contributed by atoms with Gasteiger partial charge in [0, 0.05) is 13.1 Å². The zero-order valence-corrected chi connectivity index (χ0v) is 16.8. The van der Waals surface area contributed by atoms with E-state index in [0.717, 1.165) is 11.3 Å². The summed E-state index contributed by atoms with van der Waals surface area (Å²) in [4.78, 5) is 30.3. The van der Waals surface area contributed by atoms with Crippen LogP contribution in [-0.2, 0) is 0 Å². The molecule has 6 nitrogen and oxygen atoms in total. The number of ether oxygens (including phenoxy) is 1. The minimum atomic E-state index is -0.478. The summed E-state index contributed by atoms with van der Waals surface area (Å²) in [7, 11) is 3.91. The predicted octanol–water partition coefficient (Wildman–Crippen LogP) is 3.30. The van der Waals surface area contributed by atoms with Crippen molar-refractivity contribution in [2.75, 3.05) is 33.8 Å². The lowest BCUT2D eigenvalue weighted by Gasteiger charge is -2.26. The molecule has 3 aromatic rings. The summed E-state index contributed by atoms with van der Waals surface area (Å²) in [6.07, 6.45) is 0. The molecule has 29 heavy (non-hydrogen) atoms. The van der Waals surface area contributed by atoms with Crippen molar-refractivity contribution in [2.24, 2.45) is 0 Å². The average Bonchev–Trinajstić information content (AvgIpc) is 2.99. The van der Waals surface area contributed by atoms with Crippen molar-refractivity contribution in [3.05, 3.63) is 75.6 Å². The Morgan fingerprint density at radius 3 is 2.48 bits per heavy atom. The van der Waals surface area contributed by atoms with E-state index in [4.69, 9.17) is 9.15 Å². The van der Waals surface area contributed by atoms with Gasteiger partial charge in [0.1, 0.15) is 11.3 Å². The third-order valence-corrected chi connectivity index (χ3v) is 5.17. The highest BCUT2D eigenvalue weighted by Crippen LogP contribution is 2.38. The summed E-state index contributed by atoms with van der Waals surface area (Å²) in [5.41, 5.74) is 1.56. The largest absolute Gasteiger partial charge is 0.494 e. The lowest BCUT2D eigenvalue weighted by Crippen LogP contribution is -2.35. The number of likely N-dealkylation sites (N-methyl/N-ethyl adjacent to an activating group) is 1. The van der Waals surface area contributed by atoms with Gasteiger partial charge in [-0.2, -0.15) is 0 Å². The molecule has 2 aromatic carbocycles. The fraction of sp³-hybridized carbons (Fsp3) is 0.304. The highest BCUT2D eigenvalue weighted by molar-refractivity contribution is 5.99. The summed E-state index contributed by atoms with van der Waals surface area (Å²) < 4.78 is 11.5. The maximum absolute atomic E-state index is 13.3. The Hall–Kier alpha value is -3.12. The second-order valence-electron chi connectivity index (χ2n) is 7.38. The van der Waals surface area contributed by atoms with Crippen LogP contribution >= 0.6 is 0 Å². The van der Waals surface area contributed by atoms with Crippen LogP contribution < -0.4 is 10.2 Å². The molecule has 1 aliphatic rings. The number of amides is 1. The quantitative estimate of drug-likeness (QED) is 0.644. The van der Waals surface area contributed by atoms with Crippen LogP contribution in [0.4, 0.5) is 0 Å². The number of carbonyl (C=O) groups is 1. The number of hydrogen-bond acceptors (Lipinski definition) is 5. The Labute approximate surface area is 169 Å². The molecule has 1 aromatic heterocycles. The van der Waals surface area contributed by atoms with E-state index in [-0.39, 0.29) is 17.1 Å². The van der Waals surface area contributed by atoms with Gasteiger partial charge in [-0.15, -0.1) is 0 Å². The van der Waals surface area contributed by atoms with Gasteiger partial charge in [0.25, 0.3) is 5.91 Å². The first-order valence-electron chi connectivity index (χ1n) is 9.75. The highest BCUT2D eigenvalue weighted by atomic mass is 16.5. The standard InChI is InChI=1S/C23H24N2O4/c1-4-28-16-11-9-15(10-12-16)20-19-21(26)17-7-5-6-8-18(17)29-22(19)23(27)25(20)14-13-24(2)3/h5-12,20H,4,13-14H2,1-3H3/t20-/m0/s1. The zero-order chi connectivity index (χ0) is 20.5. The molecule has 150 valence electrons. The van der Waals surface area contributed by atoms with E-state index in [0.29, 0.717) is 36.2 Å². The van der Waals surface area contributed by atoms with Gasteiger partial charge in [-0.3, -0.25) is 9.59 Å². The van der Waals surface area contributed by atoms with Crippen molar-refractivity contribution in [1.29, 1.82) is 0 Å². The molecule has 6 heteroatoms. The molecule has 0 bridgehead atoms. The maximum atomic E-state index is 13.3. The summed E-state index contributed by atoms with van der Waals surface area (Å²) in [6.45, 7) is 3.68. The molecule has 0 aliphatic carbocycles. The molecule has 0 N–H and O–H groups in total. The summed E-state index contributed by atoms with van der Waals surface area (Å²) in [5.74, 6) is 0.654. The van der Waals surface area contributed by atoms with E-state index in [1.165, 1.54) is 0 Å². The molecule has 2 heterocycles. The number of para-hydroxylation sites is 1. The minimum Gasteiger partial charge on any atom is -0.494 e. The van der Waals surface area contributed by atoms with Crippen LogP contribution in [0.1, 0.15) is 34.6 Å². The van der Waals surface area contributed by atoms with E-state index in [2.05, 4.69) is 0 Å². The van der Waals surface area contributed by atoms with E-state index in [1.807, 2.05) is 50.2 Å². The monoisotopic (exact) mass is 392 g/mol. The smallest absolute Gasteiger partial charge is 0.290 e. The number of carbonyl (C=O) groups excluding carboxylic acids is 1. The normalized spacial score (nSPS) is 15.9. The van der Waals surface area contributed by atoms with Crippen LogP contribution in [-0.4, -0.2) is 49.5 Å². The molecule has 0 saturated heterocycles. The number of fused-ring (bicyclic) bond motifs is 2. The van der Waals surface area contributed by atoms with Crippen LogP contribution in [0.15, 0.2) is 57.7 Å². The fourth-order valence-electron chi connectivity index (χ4n) is 3.77. The molecule has 1 atom stereocenters. The molecular formula is C23H24N2O4. The van der Waals surface area contributed by atoms with Crippen molar-refractivity contribution < 1.29 is 13.9 Å². The topological polar surface area (TPSA) is 63.0 Å². The first-order chi connectivity index (χ1) is 14.0. The minimum absolute atomic E-state index is 0.145. The summed E-state index contributed by atoms with van der Waals surface area (Å²) in [6, 6.07) is 14.1. The highest BCUT2D eigenvalue weighted by Gasteiger charge is 2.42. The molecule has 4 rings (SSSR count). The van der Waals surface area contributed by atoms with Crippen LogP contribution in [0, 0.1) is 0 Å². The van der Waals surface area contributed by atoms with Crippen LogP contribution in [0.2, 0.25) is 0 Å². The lowest BCUT2D eigenvalue weighted by atomic mass is 9.98. The Morgan fingerprint density at radius 2 is 1.79 bits per heavy atom. The fourth-order valence-corrected chi connectivity index (χ4v) is 3.77.